The van der Waals surface area contributed by atoms with Crippen molar-refractivity contribution in [3.8, 4) is 17.5 Å². The zero-order valence-corrected chi connectivity index (χ0v) is 18.9. The number of anilines is 3. The lowest BCUT2D eigenvalue weighted by molar-refractivity contribution is -0.00177. The van der Waals surface area contributed by atoms with E-state index in [2.05, 4.69) is 30.7 Å². The molecule has 12 heteroatoms. The van der Waals surface area contributed by atoms with E-state index in [1.165, 1.54) is 38.6 Å². The van der Waals surface area contributed by atoms with Crippen molar-refractivity contribution in [2.75, 3.05) is 17.6 Å². The number of hydrogen-bond donors (Lipinski definition) is 4. The van der Waals surface area contributed by atoms with Gasteiger partial charge in [-0.25, -0.2) is 18.9 Å². The third kappa shape index (κ3) is 5.15. The van der Waals surface area contributed by atoms with Crippen molar-refractivity contribution in [3.63, 3.8) is 0 Å². The summed E-state index contributed by atoms with van der Waals surface area (Å²) in [4.78, 5) is 25.2. The molecule has 1 atom stereocenters. The fourth-order valence-corrected chi connectivity index (χ4v) is 3.22. The smallest absolute Gasteiger partial charge is 0.255 e. The highest BCUT2D eigenvalue weighted by Crippen LogP contribution is 2.27. The van der Waals surface area contributed by atoms with Crippen LogP contribution in [0.5, 0.6) is 0 Å². The fourth-order valence-electron chi connectivity index (χ4n) is 3.22. The second-order valence-corrected chi connectivity index (χ2v) is 8.31. The Kier molecular flexibility index (Phi) is 6.26. The summed E-state index contributed by atoms with van der Waals surface area (Å²) in [5.41, 5.74) is 7.12. The second kappa shape index (κ2) is 9.32. The number of aromatic nitrogens is 5. The van der Waals surface area contributed by atoms with Gasteiger partial charge in [-0.3, -0.25) is 9.78 Å². The van der Waals surface area contributed by atoms with Gasteiger partial charge in [0.05, 0.1) is 70.1 Å². The van der Waals surface area contributed by atoms with Crippen molar-refractivity contribution < 1.29 is 14.3 Å². The molecule has 1 unspecified atom stereocenters. The molecule has 0 aliphatic rings. The van der Waals surface area contributed by atoms with Crippen molar-refractivity contribution >= 4 is 28.7 Å². The second-order valence-electron chi connectivity index (χ2n) is 8.31. The Labute approximate surface area is 199 Å². The summed E-state index contributed by atoms with van der Waals surface area (Å²) < 4.78 is 15.8. The maximum atomic E-state index is 14.2. The van der Waals surface area contributed by atoms with Gasteiger partial charge in [-0.2, -0.15) is 10.4 Å². The summed E-state index contributed by atoms with van der Waals surface area (Å²) in [6.45, 7) is 2.26. The minimum absolute atomic E-state index is 0.0898. The average molecular weight is 475 g/mol. The van der Waals surface area contributed by atoms with Crippen LogP contribution in [0.25, 0.3) is 16.9 Å². The first-order valence-corrected chi connectivity index (χ1v) is 10.5. The molecule has 1 amide bonds. The summed E-state index contributed by atoms with van der Waals surface area (Å²) in [5, 5.41) is 28.8. The quantitative estimate of drug-likeness (QED) is 0.313. The van der Waals surface area contributed by atoms with Crippen LogP contribution in [0, 0.1) is 11.3 Å². The molecule has 0 radical (unpaired) electrons. The molecule has 0 aliphatic carbocycles. The van der Waals surface area contributed by atoms with Gasteiger partial charge in [-0.05, 0) is 38.1 Å². The number of hydrogen-bond acceptors (Lipinski definition) is 9. The van der Waals surface area contributed by atoms with Gasteiger partial charge in [0.1, 0.15) is 12.2 Å². The number of carbonyl (C=O) groups excluding carboxylic acids is 1. The van der Waals surface area contributed by atoms with E-state index in [9.17, 15) is 14.3 Å². The fraction of sp³-hybridized carbons (Fsp3) is 0.217. The van der Waals surface area contributed by atoms with Gasteiger partial charge >= 0.3 is 0 Å². The van der Waals surface area contributed by atoms with Crippen LogP contribution in [0.4, 0.5) is 21.7 Å². The highest BCUT2D eigenvalue weighted by atomic mass is 19.1. The van der Waals surface area contributed by atoms with Gasteiger partial charge in [-0.1, -0.05) is 0 Å². The summed E-state index contributed by atoms with van der Waals surface area (Å²) in [7, 11) is 0. The van der Waals surface area contributed by atoms with Crippen LogP contribution in [0.1, 0.15) is 29.8 Å². The van der Waals surface area contributed by atoms with Gasteiger partial charge in [0, 0.05) is 6.20 Å². The van der Waals surface area contributed by atoms with Crippen molar-refractivity contribution in [2.24, 2.45) is 0 Å². The van der Waals surface area contributed by atoms with Gasteiger partial charge < -0.3 is 21.5 Å². The minimum atomic E-state index is -1.67. The number of nitrogens with one attached hydrogen (secondary N) is 2. The molecule has 0 saturated carbocycles. The number of nitrogens with two attached hydrogens (primary N) is 1. The first kappa shape index (κ1) is 23.5. The number of amides is 1. The molecule has 0 saturated heterocycles. The molecule has 4 heterocycles. The van der Waals surface area contributed by atoms with Crippen molar-refractivity contribution in [2.45, 2.75) is 25.6 Å². The predicted molar refractivity (Wildman–Crippen MR) is 126 cm³/mol. The summed E-state index contributed by atoms with van der Waals surface area (Å²) in [6, 6.07) is 8.96. The molecule has 5 N–H and O–H groups in total. The molecule has 11 nitrogen and oxygen atoms in total. The minimum Gasteiger partial charge on any atom is -0.387 e. The van der Waals surface area contributed by atoms with Crippen LogP contribution in [-0.4, -0.2) is 53.9 Å². The molecule has 178 valence electrons. The van der Waals surface area contributed by atoms with E-state index in [0.717, 1.165) is 0 Å². The number of nitrogens with zero attached hydrogens (tertiary/aromatic N) is 6. The molecule has 4 aromatic heterocycles. The van der Waals surface area contributed by atoms with E-state index in [1.807, 2.05) is 6.07 Å². The molecule has 0 fully saturated rings. The van der Waals surface area contributed by atoms with Gasteiger partial charge in [0.15, 0.2) is 0 Å². The molecule has 4 aromatic rings. The number of halogens is 1. The molecular formula is C23H22FN9O2. The summed E-state index contributed by atoms with van der Waals surface area (Å²) in [6.07, 6.45) is 4.03. The first-order valence-electron chi connectivity index (χ1n) is 10.5. The molecular weight excluding hydrogens is 453 g/mol. The maximum Gasteiger partial charge on any atom is 0.255 e. The van der Waals surface area contributed by atoms with E-state index < -0.39 is 17.7 Å². The largest absolute Gasteiger partial charge is 0.387 e. The van der Waals surface area contributed by atoms with E-state index in [-0.39, 0.29) is 18.1 Å². The van der Waals surface area contributed by atoms with E-state index in [4.69, 9.17) is 11.0 Å². The number of alkyl halides is 1. The maximum absolute atomic E-state index is 14.2. The number of carbonyl (C=O) groups is 1. The third-order valence-corrected chi connectivity index (χ3v) is 5.20. The lowest BCUT2D eigenvalue weighted by Crippen LogP contribution is -2.42. The van der Waals surface area contributed by atoms with Crippen molar-refractivity contribution in [1.29, 1.82) is 5.26 Å². The number of aliphatic hydroxyl groups is 1. The molecule has 0 spiro atoms. The standard InChI is InChI=1S/C23H22FN9O2/c1-23(2,35)20(24)12-28-21(34)16-11-27-18(6-17(16)32-14-9-29-22(26)30-10-14)19-4-3-15-5-13(7-25)8-31-33(15)19/h3-6,8-11,20,35H,12H2,1-2H3,(H,27,32)(H,28,34)(H2,26,29,30). The third-order valence-electron chi connectivity index (χ3n) is 5.20. The van der Waals surface area contributed by atoms with Crippen LogP contribution in [-0.2, 0) is 0 Å². The average Bonchev–Trinajstić information content (AvgIpc) is 3.26. The Hall–Kier alpha value is -4.63. The lowest BCUT2D eigenvalue weighted by atomic mass is 10.0. The molecule has 4 rings (SSSR count). The summed E-state index contributed by atoms with van der Waals surface area (Å²) >= 11 is 0. The van der Waals surface area contributed by atoms with Crippen LogP contribution in [0.15, 0.2) is 49.1 Å². The Morgan fingerprint density at radius 1 is 1.23 bits per heavy atom. The lowest BCUT2D eigenvalue weighted by Gasteiger charge is -2.22. The first-order chi connectivity index (χ1) is 16.7. The van der Waals surface area contributed by atoms with Crippen LogP contribution < -0.4 is 16.4 Å². The van der Waals surface area contributed by atoms with E-state index in [1.54, 1.807) is 28.8 Å². The molecule has 35 heavy (non-hydrogen) atoms. The van der Waals surface area contributed by atoms with E-state index >= 15 is 0 Å². The number of nitrogen functional groups attached to an aromatic ring is 1. The van der Waals surface area contributed by atoms with E-state index in [0.29, 0.717) is 33.8 Å². The number of rotatable bonds is 7. The Morgan fingerprint density at radius 3 is 2.66 bits per heavy atom. The van der Waals surface area contributed by atoms with Crippen LogP contribution in [0.2, 0.25) is 0 Å². The monoisotopic (exact) mass is 475 g/mol. The molecule has 0 aliphatic heterocycles. The van der Waals surface area contributed by atoms with Crippen LogP contribution >= 0.6 is 0 Å². The molecule has 0 aromatic carbocycles. The number of nitriles is 1. The Morgan fingerprint density at radius 2 is 1.97 bits per heavy atom. The molecule has 0 bridgehead atoms. The summed E-state index contributed by atoms with van der Waals surface area (Å²) in [5.74, 6) is -0.501. The zero-order valence-electron chi connectivity index (χ0n) is 18.9. The van der Waals surface area contributed by atoms with Gasteiger partial charge in [0.2, 0.25) is 5.95 Å². The SMILES string of the molecule is CC(C)(O)C(F)CNC(=O)c1cnc(-c2ccc3cc(C#N)cnn23)cc1Nc1cnc(N)nc1. The number of fused-ring (bicyclic) bond motifs is 1. The van der Waals surface area contributed by atoms with Gasteiger partial charge in [0.25, 0.3) is 5.91 Å². The zero-order chi connectivity index (χ0) is 25.2. The van der Waals surface area contributed by atoms with Crippen molar-refractivity contribution in [1.82, 2.24) is 29.9 Å². The highest BCUT2D eigenvalue weighted by Gasteiger charge is 2.27. The highest BCUT2D eigenvalue weighted by molar-refractivity contribution is 6.00. The normalized spacial score (nSPS) is 12.2. The predicted octanol–water partition coefficient (Wildman–Crippen LogP) is 2.22. The topological polar surface area (TPSA) is 167 Å². The Bertz CT molecular complexity index is 1420. The Balaban J connectivity index is 1.71. The number of pyridine rings is 1. The van der Waals surface area contributed by atoms with Gasteiger partial charge in [-0.15, -0.1) is 0 Å². The van der Waals surface area contributed by atoms with Crippen molar-refractivity contribution in [3.05, 3.63) is 60.2 Å². The van der Waals surface area contributed by atoms with Crippen LogP contribution in [0.3, 0.4) is 0 Å².